The maximum atomic E-state index is 11.3. The molecule has 38 heavy (non-hydrogen) atoms. The first-order valence-electron chi connectivity index (χ1n) is 12.7. The molecule has 0 amide bonds. The lowest BCUT2D eigenvalue weighted by atomic mass is 10.0. The van der Waals surface area contributed by atoms with E-state index in [9.17, 15) is 19.2 Å². The van der Waals surface area contributed by atoms with Crippen LogP contribution < -0.4 is 0 Å². The summed E-state index contributed by atoms with van der Waals surface area (Å²) in [6.07, 6.45) is 7.43. The molecule has 0 unspecified atom stereocenters. The topological polar surface area (TPSA) is 77.5 Å². The van der Waals surface area contributed by atoms with E-state index in [2.05, 4.69) is 13.2 Å². The van der Waals surface area contributed by atoms with Gasteiger partial charge in [-0.15, -0.1) is 11.6 Å². The van der Waals surface area contributed by atoms with Crippen molar-refractivity contribution < 1.29 is 23.9 Å². The molecule has 0 aromatic heterocycles. The van der Waals surface area contributed by atoms with Crippen LogP contribution in [0.2, 0.25) is 0 Å². The van der Waals surface area contributed by atoms with Gasteiger partial charge in [-0.2, -0.15) is 0 Å². The average molecular weight is 541 g/mol. The smallest absolute Gasteiger partial charge is 0.140 e. The van der Waals surface area contributed by atoms with Crippen molar-refractivity contribution in [1.29, 1.82) is 0 Å². The lowest BCUT2D eigenvalue weighted by Gasteiger charge is -2.01. The molecule has 0 saturated carbocycles. The number of alkyl halides is 1. The first-order chi connectivity index (χ1) is 18.1. The number of carbonyl (C=O) groups is 4. The number of carbonyl (C=O) groups excluding carboxylic acids is 4. The molecule has 6 heteroatoms. The van der Waals surface area contributed by atoms with Crippen LogP contribution in [0, 0.1) is 0 Å². The number of benzene rings is 2. The number of aryl methyl sites for hydroxylation is 1. The van der Waals surface area contributed by atoms with Gasteiger partial charge in [-0.05, 0) is 62.3 Å². The summed E-state index contributed by atoms with van der Waals surface area (Å²) in [7, 11) is 0. The van der Waals surface area contributed by atoms with Crippen molar-refractivity contribution >= 4 is 46.9 Å². The van der Waals surface area contributed by atoms with Gasteiger partial charge in [0.05, 0.1) is 12.8 Å². The van der Waals surface area contributed by atoms with E-state index in [4.69, 9.17) is 16.3 Å². The Morgan fingerprint density at radius 2 is 1.16 bits per heavy atom. The summed E-state index contributed by atoms with van der Waals surface area (Å²) in [5, 5.41) is 0. The Balaban J connectivity index is 0.000000529. The molecule has 2 aromatic carbocycles. The Morgan fingerprint density at radius 1 is 0.737 bits per heavy atom. The van der Waals surface area contributed by atoms with Crippen molar-refractivity contribution in [2.45, 2.75) is 65.2 Å². The summed E-state index contributed by atoms with van der Waals surface area (Å²) in [4.78, 5) is 42.1. The zero-order chi connectivity index (χ0) is 28.8. The molecule has 1 saturated heterocycles. The third-order valence-corrected chi connectivity index (χ3v) is 5.36. The van der Waals surface area contributed by atoms with E-state index in [1.165, 1.54) is 33.6 Å². The number of ketones is 4. The molecule has 1 aliphatic rings. The van der Waals surface area contributed by atoms with Crippen LogP contribution in [-0.2, 0) is 36.2 Å². The summed E-state index contributed by atoms with van der Waals surface area (Å²) >= 11 is 5.60. The van der Waals surface area contributed by atoms with Gasteiger partial charge < -0.3 is 4.74 Å². The van der Waals surface area contributed by atoms with Crippen LogP contribution in [0.15, 0.2) is 61.7 Å². The standard InChI is InChI=1S/C14H16O2.C9H9Cl.C5H8O2.C4H8O/c1-3-12-4-6-13(7-5-12)8-9-14(16)10-11(2)15;1-2-8-3-5-9(7-10)6-4-8;1-4(6)3-5(2)7;1-2-4-5-3-1/h3-7H,1,8-10H2,2H3;2-6H,1,7H2;3H2,1-2H3;1-4H2. The molecule has 2 aromatic rings. The van der Waals surface area contributed by atoms with Crippen LogP contribution in [0.4, 0.5) is 0 Å². The number of hydrogen-bond donors (Lipinski definition) is 0. The predicted molar refractivity (Wildman–Crippen MR) is 157 cm³/mol. The van der Waals surface area contributed by atoms with Crippen molar-refractivity contribution in [1.82, 2.24) is 0 Å². The van der Waals surface area contributed by atoms with Gasteiger partial charge in [-0.3, -0.25) is 19.2 Å². The normalized spacial score (nSPS) is 11.3. The Morgan fingerprint density at radius 3 is 1.45 bits per heavy atom. The molecule has 5 nitrogen and oxygen atoms in total. The van der Waals surface area contributed by atoms with Crippen LogP contribution >= 0.6 is 11.6 Å². The molecule has 1 fully saturated rings. The highest BCUT2D eigenvalue weighted by atomic mass is 35.5. The molecule has 206 valence electrons. The number of rotatable bonds is 10. The predicted octanol–water partition coefficient (Wildman–Crippen LogP) is 7.23. The monoisotopic (exact) mass is 540 g/mol. The highest BCUT2D eigenvalue weighted by Gasteiger charge is 2.05. The molecule has 1 aliphatic heterocycles. The second-order valence-electron chi connectivity index (χ2n) is 8.84. The summed E-state index contributed by atoms with van der Waals surface area (Å²) in [5.74, 6) is 0.407. The molecular weight excluding hydrogens is 500 g/mol. The van der Waals surface area contributed by atoms with Crippen LogP contribution in [0.5, 0.6) is 0 Å². The number of halogens is 1. The molecule has 0 spiro atoms. The number of ether oxygens (including phenoxy) is 1. The van der Waals surface area contributed by atoms with Crippen LogP contribution in [0.3, 0.4) is 0 Å². The lowest BCUT2D eigenvalue weighted by Crippen LogP contribution is -2.05. The van der Waals surface area contributed by atoms with Gasteiger partial charge in [0.2, 0.25) is 0 Å². The zero-order valence-corrected chi connectivity index (χ0v) is 23.7. The summed E-state index contributed by atoms with van der Waals surface area (Å²) in [5.41, 5.74) is 4.46. The molecule has 0 aliphatic carbocycles. The van der Waals surface area contributed by atoms with Crippen LogP contribution in [0.25, 0.3) is 12.2 Å². The van der Waals surface area contributed by atoms with Gasteiger partial charge >= 0.3 is 0 Å². The van der Waals surface area contributed by atoms with Crippen molar-refractivity contribution in [3.05, 3.63) is 83.9 Å². The third-order valence-electron chi connectivity index (χ3n) is 5.05. The van der Waals surface area contributed by atoms with E-state index in [-0.39, 0.29) is 36.0 Å². The molecule has 1 heterocycles. The van der Waals surface area contributed by atoms with E-state index >= 15 is 0 Å². The number of Topliss-reactive ketones (excluding diaryl/α,β-unsaturated/α-hetero) is 4. The van der Waals surface area contributed by atoms with E-state index in [0.717, 1.165) is 35.5 Å². The van der Waals surface area contributed by atoms with Gasteiger partial charge in [0.25, 0.3) is 0 Å². The molecule has 0 N–H and O–H groups in total. The highest BCUT2D eigenvalue weighted by Crippen LogP contribution is 2.09. The van der Waals surface area contributed by atoms with E-state index in [0.29, 0.717) is 18.7 Å². The maximum absolute atomic E-state index is 11.3. The fourth-order valence-corrected chi connectivity index (χ4v) is 3.25. The van der Waals surface area contributed by atoms with Crippen LogP contribution in [0.1, 0.15) is 75.1 Å². The van der Waals surface area contributed by atoms with Gasteiger partial charge in [-0.25, -0.2) is 0 Å². The Bertz CT molecular complexity index is 984. The average Bonchev–Trinajstić information content (AvgIpc) is 3.48. The van der Waals surface area contributed by atoms with E-state index < -0.39 is 0 Å². The fraction of sp³-hybridized carbons (Fsp3) is 0.375. The van der Waals surface area contributed by atoms with Gasteiger partial charge in [0.15, 0.2) is 0 Å². The molecule has 0 radical (unpaired) electrons. The minimum atomic E-state index is -0.0630. The summed E-state index contributed by atoms with van der Waals surface area (Å²) in [6.45, 7) is 13.6. The van der Waals surface area contributed by atoms with Crippen molar-refractivity contribution in [2.75, 3.05) is 13.2 Å². The van der Waals surface area contributed by atoms with Crippen LogP contribution in [-0.4, -0.2) is 36.3 Å². The summed E-state index contributed by atoms with van der Waals surface area (Å²) in [6, 6.07) is 15.9. The Labute approximate surface area is 232 Å². The van der Waals surface area contributed by atoms with Gasteiger partial charge in [0.1, 0.15) is 23.1 Å². The minimum Gasteiger partial charge on any atom is -0.381 e. The van der Waals surface area contributed by atoms with Gasteiger partial charge in [0, 0.05) is 25.5 Å². The fourth-order valence-electron chi connectivity index (χ4n) is 3.07. The third kappa shape index (κ3) is 20.0. The highest BCUT2D eigenvalue weighted by molar-refractivity contribution is 6.17. The second-order valence-corrected chi connectivity index (χ2v) is 9.11. The second kappa shape index (κ2) is 21.9. The first kappa shape index (κ1) is 34.9. The maximum Gasteiger partial charge on any atom is 0.140 e. The number of hydrogen-bond acceptors (Lipinski definition) is 5. The van der Waals surface area contributed by atoms with Crippen molar-refractivity contribution in [2.24, 2.45) is 0 Å². The molecule has 3 rings (SSSR count). The molecule has 0 atom stereocenters. The Kier molecular flexibility index (Phi) is 20.1. The zero-order valence-electron chi connectivity index (χ0n) is 23.0. The van der Waals surface area contributed by atoms with E-state index in [1.54, 1.807) is 6.08 Å². The Hall–Kier alpha value is -3.15. The van der Waals surface area contributed by atoms with Crippen molar-refractivity contribution in [3.8, 4) is 0 Å². The lowest BCUT2D eigenvalue weighted by molar-refractivity contribution is -0.127. The molecular formula is C32H41ClO5. The van der Waals surface area contributed by atoms with Crippen molar-refractivity contribution in [3.63, 3.8) is 0 Å². The van der Waals surface area contributed by atoms with E-state index in [1.807, 2.05) is 54.6 Å². The first-order valence-corrected chi connectivity index (χ1v) is 13.2. The quantitative estimate of drug-likeness (QED) is 0.234. The molecule has 0 bridgehead atoms. The largest absolute Gasteiger partial charge is 0.381 e. The van der Waals surface area contributed by atoms with Gasteiger partial charge in [-0.1, -0.05) is 73.8 Å². The SMILES string of the molecule is C1CCOC1.C=Cc1ccc(CCC(=O)CC(C)=O)cc1.C=Cc1ccc(CCl)cc1.CC(=O)CC(C)=O. The minimum absolute atomic E-state index is 0.0142. The summed E-state index contributed by atoms with van der Waals surface area (Å²) < 4.78 is 4.94.